The quantitative estimate of drug-likeness (QED) is 0.825. The number of hydrogen-bond donors (Lipinski definition) is 1. The number of anilines is 1. The molecule has 27 heavy (non-hydrogen) atoms. The summed E-state index contributed by atoms with van der Waals surface area (Å²) >= 11 is 0. The number of nitrogens with zero attached hydrogens (tertiary/aromatic N) is 3. The van der Waals surface area contributed by atoms with Crippen molar-refractivity contribution in [3.8, 4) is 5.75 Å². The molecule has 8 heteroatoms. The fraction of sp³-hybridized carbons (Fsp3) is 0.316. The highest BCUT2D eigenvalue weighted by Crippen LogP contribution is 2.18. The van der Waals surface area contributed by atoms with Crippen molar-refractivity contribution in [2.45, 2.75) is 6.61 Å². The van der Waals surface area contributed by atoms with E-state index < -0.39 is 6.09 Å². The fourth-order valence-electron chi connectivity index (χ4n) is 2.79. The second-order valence-corrected chi connectivity index (χ2v) is 6.10. The molecule has 1 fully saturated rings. The molecule has 0 unspecified atom stereocenters. The molecule has 0 bridgehead atoms. The topological polar surface area (TPSA) is 98.0 Å². The third kappa shape index (κ3) is 5.34. The number of benzene rings is 1. The number of carbonyl (C=O) groups excluding carboxylic acids is 2. The van der Waals surface area contributed by atoms with E-state index in [1.165, 1.54) is 0 Å². The summed E-state index contributed by atoms with van der Waals surface area (Å²) < 4.78 is 10.3. The number of amides is 2. The first-order valence-corrected chi connectivity index (χ1v) is 8.69. The van der Waals surface area contributed by atoms with Gasteiger partial charge in [-0.3, -0.25) is 4.79 Å². The average molecular weight is 370 g/mol. The average Bonchev–Trinajstić information content (AvgIpc) is 2.72. The molecule has 2 aromatic rings. The van der Waals surface area contributed by atoms with Gasteiger partial charge in [-0.05, 0) is 17.7 Å². The van der Waals surface area contributed by atoms with Crippen LogP contribution in [-0.2, 0) is 16.1 Å². The van der Waals surface area contributed by atoms with Crippen LogP contribution in [0.4, 0.5) is 10.6 Å². The minimum atomic E-state index is -0.944. The van der Waals surface area contributed by atoms with E-state index in [1.807, 2.05) is 42.5 Å². The number of rotatable bonds is 6. The Kier molecular flexibility index (Phi) is 6.09. The van der Waals surface area contributed by atoms with Crippen LogP contribution in [0.1, 0.15) is 5.56 Å². The van der Waals surface area contributed by atoms with Gasteiger partial charge in [-0.2, -0.15) is 0 Å². The van der Waals surface area contributed by atoms with E-state index in [9.17, 15) is 9.59 Å². The van der Waals surface area contributed by atoms with Gasteiger partial charge < -0.3 is 25.0 Å². The van der Waals surface area contributed by atoms with Crippen LogP contribution in [0.25, 0.3) is 0 Å². The zero-order valence-corrected chi connectivity index (χ0v) is 14.9. The lowest BCUT2D eigenvalue weighted by Crippen LogP contribution is -2.50. The molecular weight excluding hydrogens is 348 g/mol. The summed E-state index contributed by atoms with van der Waals surface area (Å²) in [6.07, 6.45) is 0.761. The number of nitrogens with two attached hydrogens (primary N) is 1. The molecule has 1 aliphatic heterocycles. The first-order valence-electron chi connectivity index (χ1n) is 8.69. The van der Waals surface area contributed by atoms with Crippen LogP contribution in [-0.4, -0.2) is 54.7 Å². The van der Waals surface area contributed by atoms with Crippen molar-refractivity contribution in [2.24, 2.45) is 5.73 Å². The zero-order valence-electron chi connectivity index (χ0n) is 14.9. The maximum Gasteiger partial charge on any atom is 0.405 e. The van der Waals surface area contributed by atoms with Crippen molar-refractivity contribution in [3.05, 3.63) is 54.2 Å². The highest BCUT2D eigenvalue weighted by atomic mass is 16.5. The Morgan fingerprint density at radius 3 is 2.41 bits per heavy atom. The Morgan fingerprint density at radius 2 is 1.78 bits per heavy atom. The SMILES string of the molecule is NC(=O)OCC(=O)N1CCN(c2ccc(OCc3ccccc3)cn2)CC1. The van der Waals surface area contributed by atoms with Gasteiger partial charge in [0.25, 0.3) is 5.91 Å². The van der Waals surface area contributed by atoms with Gasteiger partial charge in [-0.15, -0.1) is 0 Å². The summed E-state index contributed by atoms with van der Waals surface area (Å²) in [6.45, 7) is 2.56. The number of aromatic nitrogens is 1. The predicted molar refractivity (Wildman–Crippen MR) is 99.3 cm³/mol. The maximum atomic E-state index is 11.9. The Bertz CT molecular complexity index is 759. The van der Waals surface area contributed by atoms with Crippen molar-refractivity contribution >= 4 is 17.8 Å². The standard InChI is InChI=1S/C19H22N4O4/c20-19(25)27-14-18(24)23-10-8-22(9-11-23)17-7-6-16(12-21-17)26-13-15-4-2-1-3-5-15/h1-7,12H,8-11,13-14H2,(H2,20,25). The second kappa shape index (κ2) is 8.88. The number of primary amides is 1. The van der Waals surface area contributed by atoms with E-state index in [2.05, 4.69) is 14.6 Å². The molecule has 2 N–H and O–H groups in total. The summed E-state index contributed by atoms with van der Waals surface area (Å²) in [6, 6.07) is 13.7. The van der Waals surface area contributed by atoms with E-state index in [-0.39, 0.29) is 12.5 Å². The summed E-state index contributed by atoms with van der Waals surface area (Å²) in [5, 5.41) is 0. The molecule has 0 atom stereocenters. The minimum Gasteiger partial charge on any atom is -0.487 e. The second-order valence-electron chi connectivity index (χ2n) is 6.10. The van der Waals surface area contributed by atoms with Crippen molar-refractivity contribution in [2.75, 3.05) is 37.7 Å². The van der Waals surface area contributed by atoms with Gasteiger partial charge in [0.1, 0.15) is 18.2 Å². The Hall–Kier alpha value is -3.29. The Balaban J connectivity index is 1.47. The minimum absolute atomic E-state index is 0.244. The molecule has 1 aromatic heterocycles. The maximum absolute atomic E-state index is 11.9. The lowest BCUT2D eigenvalue weighted by molar-refractivity contribution is -0.134. The number of piperazine rings is 1. The lowest BCUT2D eigenvalue weighted by atomic mass is 10.2. The highest BCUT2D eigenvalue weighted by Gasteiger charge is 2.22. The largest absolute Gasteiger partial charge is 0.487 e. The van der Waals surface area contributed by atoms with Crippen LogP contribution in [0.2, 0.25) is 0 Å². The number of carbonyl (C=O) groups is 2. The van der Waals surface area contributed by atoms with Crippen molar-refractivity contribution in [3.63, 3.8) is 0 Å². The molecule has 8 nitrogen and oxygen atoms in total. The summed E-state index contributed by atoms with van der Waals surface area (Å²) in [4.78, 5) is 30.7. The van der Waals surface area contributed by atoms with Gasteiger partial charge in [0.15, 0.2) is 6.61 Å². The molecule has 1 aromatic carbocycles. The molecule has 3 rings (SSSR count). The van der Waals surface area contributed by atoms with Gasteiger partial charge in [-0.25, -0.2) is 9.78 Å². The smallest absolute Gasteiger partial charge is 0.405 e. The molecule has 0 spiro atoms. The molecule has 0 radical (unpaired) electrons. The van der Waals surface area contributed by atoms with E-state index in [0.29, 0.717) is 38.5 Å². The molecule has 1 saturated heterocycles. The van der Waals surface area contributed by atoms with Crippen LogP contribution < -0.4 is 15.4 Å². The molecule has 2 heterocycles. The number of ether oxygens (including phenoxy) is 2. The van der Waals surface area contributed by atoms with E-state index in [4.69, 9.17) is 10.5 Å². The zero-order chi connectivity index (χ0) is 19.1. The third-order valence-electron chi connectivity index (χ3n) is 4.26. The number of hydrogen-bond acceptors (Lipinski definition) is 6. The van der Waals surface area contributed by atoms with Gasteiger partial charge in [0, 0.05) is 26.2 Å². The first-order chi connectivity index (χ1) is 13.1. The normalized spacial score (nSPS) is 13.9. The Morgan fingerprint density at radius 1 is 1.04 bits per heavy atom. The molecule has 1 aliphatic rings. The van der Waals surface area contributed by atoms with Crippen molar-refractivity contribution in [1.82, 2.24) is 9.88 Å². The lowest BCUT2D eigenvalue weighted by Gasteiger charge is -2.35. The summed E-state index contributed by atoms with van der Waals surface area (Å²) in [5.41, 5.74) is 5.98. The fourth-order valence-corrected chi connectivity index (χ4v) is 2.79. The van der Waals surface area contributed by atoms with Crippen molar-refractivity contribution < 1.29 is 19.1 Å². The predicted octanol–water partition coefficient (Wildman–Crippen LogP) is 1.40. The van der Waals surface area contributed by atoms with E-state index in [1.54, 1.807) is 11.1 Å². The van der Waals surface area contributed by atoms with Gasteiger partial charge in [0.2, 0.25) is 0 Å². The highest BCUT2D eigenvalue weighted by molar-refractivity contribution is 5.80. The summed E-state index contributed by atoms with van der Waals surface area (Å²) in [5.74, 6) is 1.30. The monoisotopic (exact) mass is 370 g/mol. The van der Waals surface area contributed by atoms with Crippen molar-refractivity contribution in [1.29, 1.82) is 0 Å². The Labute approximate surface area is 157 Å². The molecule has 0 saturated carbocycles. The molecule has 142 valence electrons. The van der Waals surface area contributed by atoms with E-state index in [0.717, 1.165) is 11.4 Å². The van der Waals surface area contributed by atoms with Crippen LogP contribution in [0.15, 0.2) is 48.7 Å². The third-order valence-corrected chi connectivity index (χ3v) is 4.26. The van der Waals surface area contributed by atoms with E-state index >= 15 is 0 Å². The van der Waals surface area contributed by atoms with Crippen LogP contribution >= 0.6 is 0 Å². The summed E-state index contributed by atoms with van der Waals surface area (Å²) in [7, 11) is 0. The van der Waals surface area contributed by atoms with Gasteiger partial charge >= 0.3 is 6.09 Å². The molecule has 0 aliphatic carbocycles. The van der Waals surface area contributed by atoms with Crippen LogP contribution in [0.3, 0.4) is 0 Å². The van der Waals surface area contributed by atoms with Crippen LogP contribution in [0, 0.1) is 0 Å². The first kappa shape index (κ1) is 18.5. The van der Waals surface area contributed by atoms with Gasteiger partial charge in [-0.1, -0.05) is 30.3 Å². The number of pyridine rings is 1. The molecular formula is C19H22N4O4. The van der Waals surface area contributed by atoms with Crippen LogP contribution in [0.5, 0.6) is 5.75 Å². The van der Waals surface area contributed by atoms with Gasteiger partial charge in [0.05, 0.1) is 6.20 Å². The molecule has 2 amide bonds.